The summed E-state index contributed by atoms with van der Waals surface area (Å²) >= 11 is 1.81. The Balaban J connectivity index is 3.13. The van der Waals surface area contributed by atoms with Crippen LogP contribution < -0.4 is 4.24 Å². The second-order valence-corrected chi connectivity index (χ2v) is 1.77. The van der Waals surface area contributed by atoms with Crippen LogP contribution in [0.15, 0.2) is 24.3 Å². The van der Waals surface area contributed by atoms with Gasteiger partial charge in [0, 0.05) is 0 Å². The van der Waals surface area contributed by atoms with Crippen LogP contribution in [0.3, 0.4) is 0 Å². The molecule has 0 fully saturated rings. The van der Waals surface area contributed by atoms with Gasteiger partial charge >= 0.3 is 57.1 Å². The van der Waals surface area contributed by atoms with E-state index in [4.69, 9.17) is 0 Å². The second kappa shape index (κ2) is 2.26. The predicted octanol–water partition coefficient (Wildman–Crippen LogP) is 0.624. The summed E-state index contributed by atoms with van der Waals surface area (Å²) in [6.45, 7) is 0. The minimum atomic E-state index is 0.118. The molecular formula is C6H4LiO. The fraction of sp³-hybridized carbons (Fsp3) is 0. The molecule has 35 valence electrons. The van der Waals surface area contributed by atoms with Crippen LogP contribution in [-0.2, 0) is 5.11 Å². The normalized spacial score (nSPS) is 9.25. The molecule has 0 spiro atoms. The zero-order valence-corrected chi connectivity index (χ0v) is 4.72. The standard InChI is InChI=1S/C6H4O.Li/c7-6-4-2-1-3-5-6;/h1-4H;. The molecule has 0 N–H and O–H groups in total. The van der Waals surface area contributed by atoms with E-state index in [1.54, 1.807) is 12.1 Å². The topological polar surface area (TPSA) is 19.9 Å². The zero-order valence-electron chi connectivity index (χ0n) is 4.72. The molecule has 0 saturated carbocycles. The molecule has 1 nitrogen and oxygen atoms in total. The van der Waals surface area contributed by atoms with Gasteiger partial charge in [-0.3, -0.25) is 0 Å². The van der Waals surface area contributed by atoms with Crippen molar-refractivity contribution >= 4 is 22.0 Å². The number of hydrogen-bond acceptors (Lipinski definition) is 0. The minimum absolute atomic E-state index is 0.118. The van der Waals surface area contributed by atoms with Crippen molar-refractivity contribution in [1.82, 2.24) is 0 Å². The van der Waals surface area contributed by atoms with Gasteiger partial charge in [0.05, 0.1) is 0 Å². The van der Waals surface area contributed by atoms with Crippen molar-refractivity contribution in [2.75, 3.05) is 0 Å². The summed E-state index contributed by atoms with van der Waals surface area (Å²) in [6, 6.07) is 6.98. The zero-order chi connectivity index (χ0) is 5.98. The summed E-state index contributed by atoms with van der Waals surface area (Å²) in [7, 11) is 0. The second-order valence-electron chi connectivity index (χ2n) is 1.77. The number of hydrogen-bond donors (Lipinski definition) is 0. The molecule has 0 aliphatic rings. The molecule has 1 radical (unpaired) electrons. The van der Waals surface area contributed by atoms with Crippen LogP contribution in [0.5, 0.6) is 5.75 Å². The van der Waals surface area contributed by atoms with Crippen LogP contribution in [0.4, 0.5) is 0 Å². The van der Waals surface area contributed by atoms with Crippen molar-refractivity contribution in [2.24, 2.45) is 0 Å². The van der Waals surface area contributed by atoms with E-state index in [0.29, 0.717) is 0 Å². The van der Waals surface area contributed by atoms with Gasteiger partial charge in [-0.2, -0.15) is 0 Å². The van der Waals surface area contributed by atoms with E-state index in [0.717, 1.165) is 4.24 Å². The van der Waals surface area contributed by atoms with Crippen LogP contribution in [-0.4, -0.2) is 17.7 Å². The third-order valence-corrected chi connectivity index (χ3v) is 1.09. The Kier molecular flexibility index (Phi) is 1.62. The average Bonchev–Trinajstić information content (AvgIpc) is 1.77. The van der Waals surface area contributed by atoms with Crippen LogP contribution >= 0.6 is 0 Å². The first-order chi connectivity index (χ1) is 3.80. The molecule has 1 rings (SSSR count). The van der Waals surface area contributed by atoms with E-state index in [1.807, 2.05) is 29.8 Å². The maximum atomic E-state index is 10.6. The van der Waals surface area contributed by atoms with Crippen molar-refractivity contribution in [1.29, 1.82) is 0 Å². The van der Waals surface area contributed by atoms with Crippen LogP contribution in [0, 0.1) is 0 Å². The van der Waals surface area contributed by atoms with Gasteiger partial charge in [-0.25, -0.2) is 0 Å². The number of rotatable bonds is 0. The van der Waals surface area contributed by atoms with Gasteiger partial charge < -0.3 is 0 Å². The molecule has 0 aromatic heterocycles. The van der Waals surface area contributed by atoms with Crippen molar-refractivity contribution in [3.63, 3.8) is 0 Å². The molecule has 1 aromatic carbocycles. The van der Waals surface area contributed by atoms with E-state index in [1.165, 1.54) is 0 Å². The summed E-state index contributed by atoms with van der Waals surface area (Å²) in [4.78, 5) is 0. The molecular weight excluding hydrogens is 95.0 g/mol. The van der Waals surface area contributed by atoms with Crippen LogP contribution in [0.2, 0.25) is 0 Å². The fourth-order valence-corrected chi connectivity index (χ4v) is 0.556. The Morgan fingerprint density at radius 3 is 2.25 bits per heavy atom. The van der Waals surface area contributed by atoms with Crippen molar-refractivity contribution < 1.29 is 5.11 Å². The first-order valence-corrected chi connectivity index (χ1v) is 2.53. The average molecular weight is 99.0 g/mol. The van der Waals surface area contributed by atoms with Gasteiger partial charge in [0.15, 0.2) is 0 Å². The Labute approximate surface area is 57.5 Å². The van der Waals surface area contributed by atoms with Gasteiger partial charge in [-0.15, -0.1) is 0 Å². The quantitative estimate of drug-likeness (QED) is 0.425. The van der Waals surface area contributed by atoms with Crippen LogP contribution in [0.25, 0.3) is 0 Å². The summed E-state index contributed by atoms with van der Waals surface area (Å²) in [6.07, 6.45) is 0. The van der Waals surface area contributed by atoms with Gasteiger partial charge in [-0.05, 0) is 0 Å². The Morgan fingerprint density at radius 1 is 1.25 bits per heavy atom. The molecule has 8 heavy (non-hydrogen) atoms. The van der Waals surface area contributed by atoms with E-state index < -0.39 is 0 Å². The summed E-state index contributed by atoms with van der Waals surface area (Å²) in [5, 5.41) is 10.6. The molecule has 1 aromatic rings. The fourth-order valence-electron chi connectivity index (χ4n) is 0.556. The van der Waals surface area contributed by atoms with Crippen molar-refractivity contribution in [2.45, 2.75) is 0 Å². The van der Waals surface area contributed by atoms with E-state index in [2.05, 4.69) is 0 Å². The number of para-hydroxylation sites is 1. The molecule has 0 heterocycles. The molecule has 0 unspecified atom stereocenters. The third kappa shape index (κ3) is 1.06. The SMILES string of the molecule is [Li][c]1ccccc1[O]. The van der Waals surface area contributed by atoms with Gasteiger partial charge in [0.25, 0.3) is 0 Å². The molecule has 0 amide bonds. The molecule has 2 heteroatoms. The Hall–Kier alpha value is -0.383. The van der Waals surface area contributed by atoms with Gasteiger partial charge in [0.2, 0.25) is 0 Å². The molecule has 0 aliphatic heterocycles. The van der Waals surface area contributed by atoms with E-state index in [9.17, 15) is 5.11 Å². The molecule has 0 bridgehead atoms. The molecule has 0 aliphatic carbocycles. The summed E-state index contributed by atoms with van der Waals surface area (Å²) in [5.41, 5.74) is 0. The number of benzene rings is 1. The van der Waals surface area contributed by atoms with E-state index >= 15 is 0 Å². The third-order valence-electron chi connectivity index (χ3n) is 1.09. The first-order valence-electron chi connectivity index (χ1n) is 2.53. The predicted molar refractivity (Wildman–Crippen MR) is 32.0 cm³/mol. The Bertz CT molecular complexity index is 165. The summed E-state index contributed by atoms with van der Waals surface area (Å²) in [5.74, 6) is 0.118. The maximum absolute atomic E-state index is 10.6. The first kappa shape index (κ1) is 5.75. The summed E-state index contributed by atoms with van der Waals surface area (Å²) < 4.78 is 0.813. The van der Waals surface area contributed by atoms with Crippen molar-refractivity contribution in [3.05, 3.63) is 24.3 Å². The molecule has 0 atom stereocenters. The van der Waals surface area contributed by atoms with Gasteiger partial charge in [-0.1, -0.05) is 0 Å². The van der Waals surface area contributed by atoms with E-state index in [-0.39, 0.29) is 5.75 Å². The monoisotopic (exact) mass is 99.0 g/mol. The Morgan fingerprint density at radius 2 is 1.88 bits per heavy atom. The van der Waals surface area contributed by atoms with Gasteiger partial charge in [0.1, 0.15) is 0 Å². The van der Waals surface area contributed by atoms with Crippen LogP contribution in [0.1, 0.15) is 0 Å². The molecule has 0 saturated heterocycles. The van der Waals surface area contributed by atoms with Crippen molar-refractivity contribution in [3.8, 4) is 5.75 Å².